The van der Waals surface area contributed by atoms with Gasteiger partial charge in [-0.15, -0.1) is 0 Å². The molecule has 24 heavy (non-hydrogen) atoms. The van der Waals surface area contributed by atoms with Crippen LogP contribution in [0.4, 0.5) is 8.78 Å². The Balaban J connectivity index is 1.93. The molecule has 0 spiro atoms. The summed E-state index contributed by atoms with van der Waals surface area (Å²) in [5, 5.41) is -0.0878. The van der Waals surface area contributed by atoms with Crippen LogP contribution in [-0.2, 0) is 0 Å². The van der Waals surface area contributed by atoms with Crippen molar-refractivity contribution in [1.29, 1.82) is 0 Å². The van der Waals surface area contributed by atoms with Crippen LogP contribution in [0, 0.1) is 11.6 Å². The molecule has 6 heteroatoms. The maximum atomic E-state index is 13.5. The first-order chi connectivity index (χ1) is 11.5. The Bertz CT molecular complexity index is 782. The SMILES string of the molecule is COc1cccc(C2CCCN2C(=O)c2cc(F)c(F)cc2Cl)c1. The van der Waals surface area contributed by atoms with Crippen molar-refractivity contribution in [1.82, 2.24) is 4.90 Å². The van der Waals surface area contributed by atoms with Crippen molar-refractivity contribution in [2.24, 2.45) is 0 Å². The fourth-order valence-corrected chi connectivity index (χ4v) is 3.28. The van der Waals surface area contributed by atoms with Crippen molar-refractivity contribution in [3.05, 3.63) is 64.2 Å². The van der Waals surface area contributed by atoms with Crippen LogP contribution in [0.2, 0.25) is 5.02 Å². The number of halogens is 3. The lowest BCUT2D eigenvalue weighted by atomic mass is 10.0. The molecule has 1 unspecified atom stereocenters. The number of hydrogen-bond donors (Lipinski definition) is 0. The lowest BCUT2D eigenvalue weighted by Gasteiger charge is -2.26. The summed E-state index contributed by atoms with van der Waals surface area (Å²) in [5.41, 5.74) is 0.921. The first kappa shape index (κ1) is 16.7. The largest absolute Gasteiger partial charge is 0.497 e. The Morgan fingerprint density at radius 1 is 1.25 bits per heavy atom. The summed E-state index contributed by atoms with van der Waals surface area (Å²) in [6, 6.07) is 9.05. The van der Waals surface area contributed by atoms with E-state index in [4.69, 9.17) is 16.3 Å². The van der Waals surface area contributed by atoms with Gasteiger partial charge in [-0.1, -0.05) is 23.7 Å². The van der Waals surface area contributed by atoms with Gasteiger partial charge in [0, 0.05) is 6.54 Å². The van der Waals surface area contributed by atoms with Gasteiger partial charge in [-0.05, 0) is 42.7 Å². The molecule has 1 aliphatic heterocycles. The minimum Gasteiger partial charge on any atom is -0.497 e. The zero-order valence-corrected chi connectivity index (χ0v) is 13.8. The van der Waals surface area contributed by atoms with Gasteiger partial charge in [-0.25, -0.2) is 8.78 Å². The summed E-state index contributed by atoms with van der Waals surface area (Å²) in [6.45, 7) is 0.538. The highest BCUT2D eigenvalue weighted by molar-refractivity contribution is 6.33. The topological polar surface area (TPSA) is 29.5 Å². The third kappa shape index (κ3) is 3.08. The molecule has 0 bridgehead atoms. The summed E-state index contributed by atoms with van der Waals surface area (Å²) in [7, 11) is 1.58. The molecule has 0 aromatic heterocycles. The average molecular weight is 352 g/mol. The Morgan fingerprint density at radius 2 is 2.00 bits per heavy atom. The zero-order chi connectivity index (χ0) is 17.3. The fourth-order valence-electron chi connectivity index (χ4n) is 3.05. The maximum absolute atomic E-state index is 13.5. The van der Waals surface area contributed by atoms with Gasteiger partial charge in [-0.3, -0.25) is 4.79 Å². The van der Waals surface area contributed by atoms with Crippen molar-refractivity contribution in [3.8, 4) is 5.75 Å². The predicted molar refractivity (Wildman–Crippen MR) is 87.4 cm³/mol. The molecule has 126 valence electrons. The monoisotopic (exact) mass is 351 g/mol. The Hall–Kier alpha value is -2.14. The fraction of sp³-hybridized carbons (Fsp3) is 0.278. The lowest BCUT2D eigenvalue weighted by molar-refractivity contribution is 0.0735. The third-order valence-corrected chi connectivity index (χ3v) is 4.55. The number of amides is 1. The van der Waals surface area contributed by atoms with Crippen LogP contribution in [0.1, 0.15) is 34.8 Å². The number of rotatable bonds is 3. The second kappa shape index (κ2) is 6.77. The Morgan fingerprint density at radius 3 is 2.75 bits per heavy atom. The number of hydrogen-bond acceptors (Lipinski definition) is 2. The zero-order valence-electron chi connectivity index (χ0n) is 13.1. The molecule has 1 saturated heterocycles. The maximum Gasteiger partial charge on any atom is 0.255 e. The number of likely N-dealkylation sites (tertiary alicyclic amines) is 1. The number of benzene rings is 2. The predicted octanol–water partition coefficient (Wildman–Crippen LogP) is 4.60. The van der Waals surface area contributed by atoms with Gasteiger partial charge in [-0.2, -0.15) is 0 Å². The van der Waals surface area contributed by atoms with E-state index in [1.807, 2.05) is 24.3 Å². The first-order valence-electron chi connectivity index (χ1n) is 7.60. The van der Waals surface area contributed by atoms with Crippen molar-refractivity contribution in [2.45, 2.75) is 18.9 Å². The summed E-state index contributed by atoms with van der Waals surface area (Å²) >= 11 is 5.94. The van der Waals surface area contributed by atoms with E-state index in [0.29, 0.717) is 12.3 Å². The lowest BCUT2D eigenvalue weighted by Crippen LogP contribution is -2.31. The molecular formula is C18H16ClF2NO2. The number of carbonyl (C=O) groups is 1. The Labute approximate surface area is 143 Å². The van der Waals surface area contributed by atoms with Gasteiger partial charge < -0.3 is 9.64 Å². The Kier molecular flexibility index (Phi) is 4.71. The molecule has 0 radical (unpaired) electrons. The van der Waals surface area contributed by atoms with Crippen LogP contribution in [0.15, 0.2) is 36.4 Å². The van der Waals surface area contributed by atoms with E-state index in [2.05, 4.69) is 0 Å². The highest BCUT2D eigenvalue weighted by atomic mass is 35.5. The molecule has 1 amide bonds. The van der Waals surface area contributed by atoms with Crippen molar-refractivity contribution in [2.75, 3.05) is 13.7 Å². The van der Waals surface area contributed by atoms with Crippen LogP contribution in [0.3, 0.4) is 0 Å². The molecule has 0 aliphatic carbocycles. The van der Waals surface area contributed by atoms with Crippen molar-refractivity contribution >= 4 is 17.5 Å². The summed E-state index contributed by atoms with van der Waals surface area (Å²) in [5.74, 6) is -1.84. The molecule has 2 aromatic carbocycles. The number of ether oxygens (including phenoxy) is 1. The van der Waals surface area contributed by atoms with Gasteiger partial charge in [0.05, 0.1) is 23.7 Å². The first-order valence-corrected chi connectivity index (χ1v) is 7.98. The molecule has 2 aromatic rings. The molecule has 1 atom stereocenters. The molecule has 1 heterocycles. The number of carbonyl (C=O) groups excluding carboxylic acids is 1. The highest BCUT2D eigenvalue weighted by Crippen LogP contribution is 2.35. The van der Waals surface area contributed by atoms with Gasteiger partial charge in [0.1, 0.15) is 5.75 Å². The van der Waals surface area contributed by atoms with E-state index in [9.17, 15) is 13.6 Å². The minimum atomic E-state index is -1.08. The van der Waals surface area contributed by atoms with Crippen LogP contribution in [0.5, 0.6) is 5.75 Å². The molecule has 1 aliphatic rings. The summed E-state index contributed by atoms with van der Waals surface area (Å²) in [6.07, 6.45) is 1.62. The van der Waals surface area contributed by atoms with E-state index >= 15 is 0 Å². The van der Waals surface area contributed by atoms with Crippen molar-refractivity contribution in [3.63, 3.8) is 0 Å². The molecule has 3 nitrogen and oxygen atoms in total. The smallest absolute Gasteiger partial charge is 0.255 e. The van der Waals surface area contributed by atoms with E-state index in [1.165, 1.54) is 0 Å². The standard InChI is InChI=1S/C18H16ClF2NO2/c1-24-12-5-2-4-11(8-12)17-6-3-7-22(17)18(23)13-9-15(20)16(21)10-14(13)19/h2,4-5,8-10,17H,3,6-7H2,1H3. The average Bonchev–Trinajstić information content (AvgIpc) is 3.07. The van der Waals surface area contributed by atoms with Gasteiger partial charge in [0.15, 0.2) is 11.6 Å². The van der Waals surface area contributed by atoms with E-state index in [1.54, 1.807) is 12.0 Å². The van der Waals surface area contributed by atoms with Crippen LogP contribution >= 0.6 is 11.6 Å². The molecule has 0 N–H and O–H groups in total. The third-order valence-electron chi connectivity index (χ3n) is 4.23. The summed E-state index contributed by atoms with van der Waals surface area (Å²) < 4.78 is 32.0. The van der Waals surface area contributed by atoms with E-state index in [0.717, 1.165) is 30.5 Å². The van der Waals surface area contributed by atoms with Crippen LogP contribution in [0.25, 0.3) is 0 Å². The quantitative estimate of drug-likeness (QED) is 0.756. The number of methoxy groups -OCH3 is 1. The van der Waals surface area contributed by atoms with Gasteiger partial charge in [0.25, 0.3) is 5.91 Å². The molecular weight excluding hydrogens is 336 g/mol. The molecule has 0 saturated carbocycles. The number of nitrogens with zero attached hydrogens (tertiary/aromatic N) is 1. The second-order valence-electron chi connectivity index (χ2n) is 5.68. The normalized spacial score (nSPS) is 17.2. The highest BCUT2D eigenvalue weighted by Gasteiger charge is 2.32. The minimum absolute atomic E-state index is 0.0228. The van der Waals surface area contributed by atoms with E-state index in [-0.39, 0.29) is 16.6 Å². The summed E-state index contributed by atoms with van der Waals surface area (Å²) in [4.78, 5) is 14.4. The van der Waals surface area contributed by atoms with Crippen LogP contribution in [-0.4, -0.2) is 24.5 Å². The molecule has 1 fully saturated rings. The molecule has 3 rings (SSSR count). The van der Waals surface area contributed by atoms with Crippen LogP contribution < -0.4 is 4.74 Å². The van der Waals surface area contributed by atoms with Gasteiger partial charge in [0.2, 0.25) is 0 Å². The van der Waals surface area contributed by atoms with Gasteiger partial charge >= 0.3 is 0 Å². The van der Waals surface area contributed by atoms with Crippen molar-refractivity contribution < 1.29 is 18.3 Å². The van der Waals surface area contributed by atoms with E-state index < -0.39 is 17.5 Å². The second-order valence-corrected chi connectivity index (χ2v) is 6.09.